The lowest BCUT2D eigenvalue weighted by atomic mass is 10.2. The fraction of sp³-hybridized carbons (Fsp3) is 0.167. The maximum absolute atomic E-state index is 12.7. The predicted molar refractivity (Wildman–Crippen MR) is 113 cm³/mol. The van der Waals surface area contributed by atoms with Crippen LogP contribution in [0.4, 0.5) is 0 Å². The van der Waals surface area contributed by atoms with Gasteiger partial charge in [-0.15, -0.1) is 0 Å². The zero-order chi connectivity index (χ0) is 19.9. The minimum absolute atomic E-state index is 0.124. The van der Waals surface area contributed by atoms with Gasteiger partial charge in [0.15, 0.2) is 0 Å². The molecule has 4 rings (SSSR count). The zero-order valence-electron chi connectivity index (χ0n) is 16.1. The lowest BCUT2D eigenvalue weighted by molar-refractivity contribution is 0.0901. The summed E-state index contributed by atoms with van der Waals surface area (Å²) in [7, 11) is 0. The number of carbonyl (C=O) groups is 1. The van der Waals surface area contributed by atoms with Gasteiger partial charge in [0, 0.05) is 12.1 Å². The van der Waals surface area contributed by atoms with Gasteiger partial charge in [-0.25, -0.2) is 4.99 Å². The second-order valence-electron chi connectivity index (χ2n) is 6.86. The lowest BCUT2D eigenvalue weighted by Crippen LogP contribution is -2.46. The van der Waals surface area contributed by atoms with E-state index in [9.17, 15) is 4.79 Å². The molecule has 1 amide bonds. The first-order valence-corrected chi connectivity index (χ1v) is 9.67. The van der Waals surface area contributed by atoms with Gasteiger partial charge < -0.3 is 10.1 Å². The second-order valence-corrected chi connectivity index (χ2v) is 6.86. The molecule has 5 nitrogen and oxygen atoms in total. The van der Waals surface area contributed by atoms with Crippen molar-refractivity contribution >= 4 is 11.9 Å². The number of ether oxygens (including phenoxy) is 1. The van der Waals surface area contributed by atoms with Gasteiger partial charge in [0.05, 0.1) is 6.54 Å². The summed E-state index contributed by atoms with van der Waals surface area (Å²) in [6.07, 6.45) is -0.280. The molecule has 1 unspecified atom stereocenters. The number of benzene rings is 3. The Morgan fingerprint density at radius 3 is 2.14 bits per heavy atom. The maximum Gasteiger partial charge on any atom is 0.289 e. The van der Waals surface area contributed by atoms with Gasteiger partial charge in [-0.2, -0.15) is 0 Å². The van der Waals surface area contributed by atoms with E-state index < -0.39 is 0 Å². The van der Waals surface area contributed by atoms with Gasteiger partial charge in [-0.1, -0.05) is 78.9 Å². The van der Waals surface area contributed by atoms with Crippen molar-refractivity contribution in [1.82, 2.24) is 10.2 Å². The Balaban J connectivity index is 1.53. The van der Waals surface area contributed by atoms with E-state index in [0.717, 1.165) is 11.1 Å². The Morgan fingerprint density at radius 2 is 1.48 bits per heavy atom. The number of rotatable bonds is 6. The molecule has 0 aromatic heterocycles. The second kappa shape index (κ2) is 9.06. The Bertz CT molecular complexity index is 959. The molecule has 0 aliphatic carbocycles. The summed E-state index contributed by atoms with van der Waals surface area (Å²) in [6, 6.07) is 29.9. The van der Waals surface area contributed by atoms with Crippen molar-refractivity contribution in [3.05, 3.63) is 108 Å². The number of carbonyl (C=O) groups excluding carboxylic acids is 1. The average Bonchev–Trinajstić information content (AvgIpc) is 3.15. The van der Waals surface area contributed by atoms with E-state index in [-0.39, 0.29) is 12.1 Å². The first-order chi connectivity index (χ1) is 14.3. The van der Waals surface area contributed by atoms with Crippen LogP contribution in [0.1, 0.15) is 21.5 Å². The minimum atomic E-state index is -0.280. The fourth-order valence-corrected chi connectivity index (χ4v) is 3.24. The molecule has 1 aliphatic rings. The van der Waals surface area contributed by atoms with Crippen LogP contribution < -0.4 is 5.32 Å². The molecule has 3 aromatic rings. The molecule has 0 saturated carbocycles. The number of nitrogens with one attached hydrogen (secondary N) is 1. The van der Waals surface area contributed by atoms with Crippen LogP contribution in [0, 0.1) is 0 Å². The molecule has 146 valence electrons. The summed E-state index contributed by atoms with van der Waals surface area (Å²) in [5.41, 5.74) is 2.87. The third-order valence-electron chi connectivity index (χ3n) is 4.76. The third kappa shape index (κ3) is 4.82. The van der Waals surface area contributed by atoms with Gasteiger partial charge in [0.2, 0.25) is 0 Å². The Kier molecular flexibility index (Phi) is 5.86. The highest BCUT2D eigenvalue weighted by atomic mass is 16.5. The van der Waals surface area contributed by atoms with Gasteiger partial charge >= 0.3 is 0 Å². The van der Waals surface area contributed by atoms with Crippen LogP contribution in [0.15, 0.2) is 96.0 Å². The van der Waals surface area contributed by atoms with Gasteiger partial charge in [0.25, 0.3) is 11.9 Å². The quantitative estimate of drug-likeness (QED) is 0.702. The highest BCUT2D eigenvalue weighted by molar-refractivity contribution is 5.94. The highest BCUT2D eigenvalue weighted by Crippen LogP contribution is 2.17. The van der Waals surface area contributed by atoms with E-state index in [1.165, 1.54) is 0 Å². The number of hydrogen-bond acceptors (Lipinski definition) is 3. The standard InChI is InChI=1S/C24H23N3O2/c28-23(21-14-8-3-9-15-21)26-22-18-29-24(25-16-19-10-4-1-5-11-19)27(22)17-20-12-6-2-7-13-20/h1-15,22H,16-18H2,(H,26,28). The van der Waals surface area contributed by atoms with Crippen molar-refractivity contribution in [3.8, 4) is 0 Å². The molecule has 1 N–H and O–H groups in total. The fourth-order valence-electron chi connectivity index (χ4n) is 3.24. The van der Waals surface area contributed by atoms with Crippen molar-refractivity contribution in [2.45, 2.75) is 19.3 Å². The number of nitrogens with zero attached hydrogens (tertiary/aromatic N) is 2. The van der Waals surface area contributed by atoms with Crippen molar-refractivity contribution in [2.24, 2.45) is 4.99 Å². The molecule has 5 heteroatoms. The van der Waals surface area contributed by atoms with Crippen LogP contribution in [0.25, 0.3) is 0 Å². The van der Waals surface area contributed by atoms with E-state index in [0.29, 0.717) is 31.3 Å². The monoisotopic (exact) mass is 385 g/mol. The molecule has 1 saturated heterocycles. The zero-order valence-corrected chi connectivity index (χ0v) is 16.1. The van der Waals surface area contributed by atoms with Gasteiger partial charge in [-0.05, 0) is 23.3 Å². The molecule has 1 atom stereocenters. The van der Waals surface area contributed by atoms with Gasteiger partial charge in [-0.3, -0.25) is 9.69 Å². The first kappa shape index (κ1) is 18.7. The molecule has 29 heavy (non-hydrogen) atoms. The third-order valence-corrected chi connectivity index (χ3v) is 4.76. The summed E-state index contributed by atoms with van der Waals surface area (Å²) < 4.78 is 5.87. The summed E-state index contributed by atoms with van der Waals surface area (Å²) in [6.45, 7) is 1.49. The van der Waals surface area contributed by atoms with Crippen LogP contribution in [0.5, 0.6) is 0 Å². The first-order valence-electron chi connectivity index (χ1n) is 9.67. The van der Waals surface area contributed by atoms with E-state index in [2.05, 4.69) is 22.4 Å². The lowest BCUT2D eigenvalue weighted by Gasteiger charge is -2.24. The summed E-state index contributed by atoms with van der Waals surface area (Å²) >= 11 is 0. The van der Waals surface area contributed by atoms with E-state index in [4.69, 9.17) is 4.74 Å². The van der Waals surface area contributed by atoms with Crippen molar-refractivity contribution < 1.29 is 9.53 Å². The van der Waals surface area contributed by atoms with Crippen LogP contribution in [0.2, 0.25) is 0 Å². The van der Waals surface area contributed by atoms with Crippen molar-refractivity contribution in [2.75, 3.05) is 6.61 Å². The Labute approximate surface area is 170 Å². The SMILES string of the molecule is O=C(NC1COC(=NCc2ccccc2)N1Cc1ccccc1)c1ccccc1. The molecule has 1 heterocycles. The molecule has 0 bridgehead atoms. The molecule has 1 fully saturated rings. The topological polar surface area (TPSA) is 53.9 Å². The van der Waals surface area contributed by atoms with E-state index in [1.54, 1.807) is 12.1 Å². The molecular formula is C24H23N3O2. The van der Waals surface area contributed by atoms with Crippen molar-refractivity contribution in [3.63, 3.8) is 0 Å². The van der Waals surface area contributed by atoms with E-state index in [1.807, 2.05) is 71.6 Å². The smallest absolute Gasteiger partial charge is 0.289 e. The summed E-state index contributed by atoms with van der Waals surface area (Å²) in [4.78, 5) is 19.3. The van der Waals surface area contributed by atoms with Crippen LogP contribution in [0.3, 0.4) is 0 Å². The minimum Gasteiger partial charge on any atom is -0.461 e. The molecule has 0 radical (unpaired) electrons. The Hall–Kier alpha value is -3.60. The number of aliphatic imine (C=N–C) groups is 1. The number of amidine groups is 1. The molecule has 1 aliphatic heterocycles. The Morgan fingerprint density at radius 1 is 0.897 bits per heavy atom. The molecular weight excluding hydrogens is 362 g/mol. The van der Waals surface area contributed by atoms with E-state index >= 15 is 0 Å². The predicted octanol–water partition coefficient (Wildman–Crippen LogP) is 3.83. The van der Waals surface area contributed by atoms with Crippen LogP contribution >= 0.6 is 0 Å². The maximum atomic E-state index is 12.7. The number of hydrogen-bond donors (Lipinski definition) is 1. The summed E-state index contributed by atoms with van der Waals surface area (Å²) in [5, 5.41) is 3.07. The average molecular weight is 385 g/mol. The molecule has 3 aromatic carbocycles. The largest absolute Gasteiger partial charge is 0.461 e. The highest BCUT2D eigenvalue weighted by Gasteiger charge is 2.32. The molecule has 0 spiro atoms. The summed E-state index contributed by atoms with van der Waals surface area (Å²) in [5.74, 6) is -0.124. The van der Waals surface area contributed by atoms with Gasteiger partial charge in [0.1, 0.15) is 12.8 Å². The normalized spacial score (nSPS) is 17.2. The number of amides is 1. The van der Waals surface area contributed by atoms with Crippen LogP contribution in [-0.4, -0.2) is 29.6 Å². The van der Waals surface area contributed by atoms with Crippen molar-refractivity contribution in [1.29, 1.82) is 0 Å². The van der Waals surface area contributed by atoms with Crippen LogP contribution in [-0.2, 0) is 17.8 Å².